The number of nitrogens with two attached hydrogens (primary N) is 1. The number of halogens is 6. The number of aliphatic hydroxyl groups is 1. The highest BCUT2D eigenvalue weighted by atomic mass is 19.4. The van der Waals surface area contributed by atoms with Crippen molar-refractivity contribution in [2.24, 2.45) is 5.73 Å². The van der Waals surface area contributed by atoms with E-state index in [-0.39, 0.29) is 11.6 Å². The Kier molecular flexibility index (Phi) is 5.77. The van der Waals surface area contributed by atoms with Gasteiger partial charge in [-0.1, -0.05) is 42.5 Å². The number of benzene rings is 2. The molecule has 0 radical (unpaired) electrons. The van der Waals surface area contributed by atoms with Crippen molar-refractivity contribution in [2.75, 3.05) is 0 Å². The van der Waals surface area contributed by atoms with Crippen LogP contribution in [0.25, 0.3) is 6.08 Å². The lowest BCUT2D eigenvalue weighted by Crippen LogP contribution is -2.24. The molecule has 2 unspecified atom stereocenters. The van der Waals surface area contributed by atoms with Gasteiger partial charge in [0.2, 0.25) is 0 Å². The van der Waals surface area contributed by atoms with Crippen molar-refractivity contribution in [2.45, 2.75) is 24.5 Å². The average Bonchev–Trinajstić information content (AvgIpc) is 2.58. The second-order valence-corrected chi connectivity index (χ2v) is 5.63. The first kappa shape index (κ1) is 20.0. The third-order valence-electron chi connectivity index (χ3n) is 3.65. The summed E-state index contributed by atoms with van der Waals surface area (Å²) in [6, 6.07) is 8.73. The molecule has 2 aromatic rings. The summed E-state index contributed by atoms with van der Waals surface area (Å²) in [5.41, 5.74) is 3.23. The molecule has 0 saturated carbocycles. The summed E-state index contributed by atoms with van der Waals surface area (Å²) in [6.45, 7) is 0. The molecule has 0 heterocycles. The van der Waals surface area contributed by atoms with Crippen molar-refractivity contribution in [3.63, 3.8) is 0 Å². The number of hydrogen-bond acceptors (Lipinski definition) is 2. The number of hydrogen-bond donors (Lipinski definition) is 2. The molecule has 2 nitrogen and oxygen atoms in total. The molecule has 0 aromatic heterocycles. The quantitative estimate of drug-likeness (QED) is 0.755. The Hall–Kier alpha value is -2.32. The van der Waals surface area contributed by atoms with Gasteiger partial charge in [-0.05, 0) is 29.3 Å². The fourth-order valence-electron chi connectivity index (χ4n) is 2.28. The van der Waals surface area contributed by atoms with Gasteiger partial charge in [-0.25, -0.2) is 0 Å². The van der Waals surface area contributed by atoms with Crippen LogP contribution in [0.2, 0.25) is 0 Å². The van der Waals surface area contributed by atoms with E-state index >= 15 is 0 Å². The zero-order chi connectivity index (χ0) is 19.5. The second-order valence-electron chi connectivity index (χ2n) is 5.63. The molecular formula is C18H15F6NO. The van der Waals surface area contributed by atoms with E-state index in [4.69, 9.17) is 5.73 Å². The number of aliphatic hydroxyl groups excluding tert-OH is 1. The highest BCUT2D eigenvalue weighted by Crippen LogP contribution is 2.36. The lowest BCUT2D eigenvalue weighted by Gasteiger charge is -2.16. The van der Waals surface area contributed by atoms with Crippen LogP contribution in [0.15, 0.2) is 54.6 Å². The summed E-state index contributed by atoms with van der Waals surface area (Å²) >= 11 is 0. The molecule has 0 fully saturated rings. The Balaban J connectivity index is 2.31. The van der Waals surface area contributed by atoms with Crippen LogP contribution in [0.3, 0.4) is 0 Å². The molecule has 3 N–H and O–H groups in total. The van der Waals surface area contributed by atoms with Crippen molar-refractivity contribution in [3.8, 4) is 0 Å². The molecule has 26 heavy (non-hydrogen) atoms. The van der Waals surface area contributed by atoms with Crippen molar-refractivity contribution in [1.29, 1.82) is 0 Å². The first-order chi connectivity index (χ1) is 12.0. The SMILES string of the molecule is NC(c1ccccc1)C(O)/C=C/c1cc(C(F)(F)F)cc(C(F)(F)F)c1. The molecule has 0 saturated heterocycles. The second kappa shape index (κ2) is 7.51. The minimum absolute atomic E-state index is 0.0451. The summed E-state index contributed by atoms with van der Waals surface area (Å²) in [4.78, 5) is 0. The summed E-state index contributed by atoms with van der Waals surface area (Å²) in [7, 11) is 0. The molecule has 8 heteroatoms. The normalized spacial score (nSPS) is 15.2. The Morgan fingerprint density at radius 3 is 1.81 bits per heavy atom. The topological polar surface area (TPSA) is 46.2 Å². The van der Waals surface area contributed by atoms with Crippen LogP contribution in [-0.4, -0.2) is 11.2 Å². The van der Waals surface area contributed by atoms with Crippen LogP contribution in [0, 0.1) is 0 Å². The molecule has 0 bridgehead atoms. The maximum absolute atomic E-state index is 12.8. The average molecular weight is 375 g/mol. The molecule has 0 aliphatic carbocycles. The summed E-state index contributed by atoms with van der Waals surface area (Å²) in [6.07, 6.45) is -9.10. The predicted molar refractivity (Wildman–Crippen MR) is 84.9 cm³/mol. The zero-order valence-corrected chi connectivity index (χ0v) is 13.2. The first-order valence-electron chi connectivity index (χ1n) is 7.45. The highest BCUT2D eigenvalue weighted by Gasteiger charge is 2.36. The van der Waals surface area contributed by atoms with Crippen molar-refractivity contribution >= 4 is 6.08 Å². The van der Waals surface area contributed by atoms with Gasteiger partial charge >= 0.3 is 12.4 Å². The first-order valence-corrected chi connectivity index (χ1v) is 7.45. The minimum Gasteiger partial charge on any atom is -0.387 e. The predicted octanol–water partition coefficient (Wildman–Crippen LogP) is 4.80. The van der Waals surface area contributed by atoms with Crippen molar-refractivity contribution in [3.05, 3.63) is 76.9 Å². The van der Waals surface area contributed by atoms with Gasteiger partial charge in [0.25, 0.3) is 0 Å². The van der Waals surface area contributed by atoms with Gasteiger partial charge in [0.05, 0.1) is 23.3 Å². The molecule has 2 rings (SSSR count). The van der Waals surface area contributed by atoms with Crippen LogP contribution < -0.4 is 5.73 Å². The van der Waals surface area contributed by atoms with Crippen LogP contribution in [-0.2, 0) is 12.4 Å². The van der Waals surface area contributed by atoms with Crippen LogP contribution in [0.1, 0.15) is 28.3 Å². The van der Waals surface area contributed by atoms with Crippen LogP contribution in [0.4, 0.5) is 26.3 Å². The maximum Gasteiger partial charge on any atom is 0.416 e. The lowest BCUT2D eigenvalue weighted by atomic mass is 10.00. The van der Waals surface area contributed by atoms with Crippen molar-refractivity contribution < 1.29 is 31.4 Å². The summed E-state index contributed by atoms with van der Waals surface area (Å²) in [5, 5.41) is 10.0. The Morgan fingerprint density at radius 2 is 1.35 bits per heavy atom. The fourth-order valence-corrected chi connectivity index (χ4v) is 2.28. The van der Waals surface area contributed by atoms with E-state index in [9.17, 15) is 31.4 Å². The van der Waals surface area contributed by atoms with Crippen molar-refractivity contribution in [1.82, 2.24) is 0 Å². The Labute approximate surface area is 145 Å². The molecular weight excluding hydrogens is 360 g/mol. The van der Waals surface area contributed by atoms with Gasteiger partial charge in [0.15, 0.2) is 0 Å². The van der Waals surface area contributed by atoms with Gasteiger partial charge in [0, 0.05) is 0 Å². The Bertz CT molecular complexity index is 735. The van der Waals surface area contributed by atoms with E-state index in [0.29, 0.717) is 17.7 Å². The molecule has 140 valence electrons. The van der Waals surface area contributed by atoms with Gasteiger partial charge in [-0.2, -0.15) is 26.3 Å². The molecule has 0 spiro atoms. The van der Waals surface area contributed by atoms with Crippen LogP contribution >= 0.6 is 0 Å². The molecule has 2 atom stereocenters. The molecule has 0 aliphatic rings. The standard InChI is InChI=1S/C18H15F6NO/c19-17(20,21)13-8-11(9-14(10-13)18(22,23)24)6-7-15(26)16(25)12-4-2-1-3-5-12/h1-10,15-16,26H,25H2/b7-6+. The third-order valence-corrected chi connectivity index (χ3v) is 3.65. The highest BCUT2D eigenvalue weighted by molar-refractivity contribution is 5.53. The van der Waals surface area contributed by atoms with Gasteiger partial charge in [-0.3, -0.25) is 0 Å². The van der Waals surface area contributed by atoms with E-state index in [1.165, 1.54) is 0 Å². The summed E-state index contributed by atoms with van der Waals surface area (Å²) < 4.78 is 76.9. The number of alkyl halides is 6. The molecule has 2 aromatic carbocycles. The Morgan fingerprint density at radius 1 is 0.846 bits per heavy atom. The van der Waals surface area contributed by atoms with E-state index < -0.39 is 35.6 Å². The largest absolute Gasteiger partial charge is 0.416 e. The van der Waals surface area contributed by atoms with E-state index in [1.54, 1.807) is 30.3 Å². The zero-order valence-electron chi connectivity index (χ0n) is 13.2. The fraction of sp³-hybridized carbons (Fsp3) is 0.222. The minimum atomic E-state index is -4.93. The van der Waals surface area contributed by atoms with Gasteiger partial charge < -0.3 is 10.8 Å². The maximum atomic E-state index is 12.8. The van der Waals surface area contributed by atoms with Crippen LogP contribution in [0.5, 0.6) is 0 Å². The van der Waals surface area contributed by atoms with E-state index in [2.05, 4.69) is 0 Å². The smallest absolute Gasteiger partial charge is 0.387 e. The monoisotopic (exact) mass is 375 g/mol. The molecule has 0 amide bonds. The van der Waals surface area contributed by atoms with Gasteiger partial charge in [0.1, 0.15) is 0 Å². The molecule has 0 aliphatic heterocycles. The number of rotatable bonds is 4. The third kappa shape index (κ3) is 5.09. The lowest BCUT2D eigenvalue weighted by molar-refractivity contribution is -0.143. The van der Waals surface area contributed by atoms with E-state index in [1.807, 2.05) is 0 Å². The summed E-state index contributed by atoms with van der Waals surface area (Å²) in [5.74, 6) is 0. The van der Waals surface area contributed by atoms with E-state index in [0.717, 1.165) is 12.2 Å². The van der Waals surface area contributed by atoms with Gasteiger partial charge in [-0.15, -0.1) is 0 Å².